The second-order valence-electron chi connectivity index (χ2n) is 5.62. The molecule has 20 heavy (non-hydrogen) atoms. The highest BCUT2D eigenvalue weighted by atomic mass is 32.2. The van der Waals surface area contributed by atoms with Crippen molar-refractivity contribution < 1.29 is 8.42 Å². The molecule has 2 atom stereocenters. The molecule has 0 amide bonds. The Morgan fingerprint density at radius 3 is 2.90 bits per heavy atom. The van der Waals surface area contributed by atoms with Crippen LogP contribution in [0.2, 0.25) is 0 Å². The highest BCUT2D eigenvalue weighted by Gasteiger charge is 2.42. The third-order valence-electron chi connectivity index (χ3n) is 4.55. The molecule has 0 bridgehead atoms. The lowest BCUT2D eigenvalue weighted by atomic mass is 9.86. The minimum absolute atomic E-state index is 0.193. The number of hydrogen-bond donors (Lipinski definition) is 1. The number of nitrogens with one attached hydrogen (secondary N) is 1. The van der Waals surface area contributed by atoms with E-state index in [1.54, 1.807) is 29.7 Å². The zero-order valence-electron chi connectivity index (χ0n) is 11.7. The maximum absolute atomic E-state index is 12.9. The lowest BCUT2D eigenvalue weighted by molar-refractivity contribution is 0.260. The summed E-state index contributed by atoms with van der Waals surface area (Å²) < 4.78 is 27.5. The van der Waals surface area contributed by atoms with Crippen LogP contribution in [0.15, 0.2) is 23.2 Å². The van der Waals surface area contributed by atoms with Gasteiger partial charge in [-0.1, -0.05) is 12.8 Å². The standard InChI is InChI=1S/C14H21N3O2S/c1-15-14-13(7-4-9-16-14)20(18,19)17-10-8-11-5-2-3-6-12(11)17/h4,7,9,11-12H,2-3,5-6,8,10H2,1H3,(H,15,16). The van der Waals surface area contributed by atoms with Crippen molar-refractivity contribution in [1.29, 1.82) is 0 Å². The molecular formula is C14H21N3O2S. The second kappa shape index (κ2) is 5.33. The number of rotatable bonds is 3. The largest absolute Gasteiger partial charge is 0.372 e. The number of aromatic nitrogens is 1. The van der Waals surface area contributed by atoms with Gasteiger partial charge >= 0.3 is 0 Å². The summed E-state index contributed by atoms with van der Waals surface area (Å²) in [6.07, 6.45) is 7.15. The fraction of sp³-hybridized carbons (Fsp3) is 0.643. The summed E-state index contributed by atoms with van der Waals surface area (Å²) in [5, 5.41) is 2.88. The quantitative estimate of drug-likeness (QED) is 0.927. The van der Waals surface area contributed by atoms with Crippen molar-refractivity contribution in [2.75, 3.05) is 18.9 Å². The van der Waals surface area contributed by atoms with Crippen LogP contribution in [0, 0.1) is 5.92 Å². The van der Waals surface area contributed by atoms with E-state index in [1.807, 2.05) is 0 Å². The highest BCUT2D eigenvalue weighted by Crippen LogP contribution is 2.39. The van der Waals surface area contributed by atoms with Crippen LogP contribution in [0.1, 0.15) is 32.1 Å². The van der Waals surface area contributed by atoms with Gasteiger partial charge in [-0.2, -0.15) is 4.31 Å². The molecule has 1 saturated heterocycles. The van der Waals surface area contributed by atoms with Crippen molar-refractivity contribution in [3.8, 4) is 0 Å². The van der Waals surface area contributed by atoms with E-state index in [0.29, 0.717) is 23.2 Å². The van der Waals surface area contributed by atoms with E-state index in [-0.39, 0.29) is 6.04 Å². The van der Waals surface area contributed by atoms with Gasteiger partial charge < -0.3 is 5.32 Å². The first kappa shape index (κ1) is 13.8. The molecule has 0 radical (unpaired) electrons. The molecule has 1 aromatic rings. The fourth-order valence-electron chi connectivity index (χ4n) is 3.57. The summed E-state index contributed by atoms with van der Waals surface area (Å²) in [6.45, 7) is 0.649. The summed E-state index contributed by atoms with van der Waals surface area (Å²) in [4.78, 5) is 4.42. The van der Waals surface area contributed by atoms with Gasteiger partial charge in [0.25, 0.3) is 0 Å². The van der Waals surface area contributed by atoms with Crippen molar-refractivity contribution >= 4 is 15.8 Å². The van der Waals surface area contributed by atoms with E-state index >= 15 is 0 Å². The van der Waals surface area contributed by atoms with Crippen molar-refractivity contribution in [3.05, 3.63) is 18.3 Å². The Balaban J connectivity index is 1.96. The Morgan fingerprint density at radius 2 is 2.10 bits per heavy atom. The van der Waals surface area contributed by atoms with Gasteiger partial charge in [0.2, 0.25) is 10.0 Å². The molecule has 110 valence electrons. The van der Waals surface area contributed by atoms with Crippen molar-refractivity contribution in [2.24, 2.45) is 5.92 Å². The average molecular weight is 295 g/mol. The number of fused-ring (bicyclic) bond motifs is 1. The third kappa shape index (κ3) is 2.20. The Bertz CT molecular complexity index is 588. The van der Waals surface area contributed by atoms with Crippen LogP contribution < -0.4 is 5.32 Å². The van der Waals surface area contributed by atoms with Gasteiger partial charge in [0.05, 0.1) is 0 Å². The number of anilines is 1. The molecule has 2 aliphatic rings. The molecule has 1 aliphatic carbocycles. The van der Waals surface area contributed by atoms with Crippen LogP contribution in [-0.2, 0) is 10.0 Å². The summed E-state index contributed by atoms with van der Waals surface area (Å²) in [7, 11) is -1.74. The summed E-state index contributed by atoms with van der Waals surface area (Å²) in [5.41, 5.74) is 0. The van der Waals surface area contributed by atoms with Gasteiger partial charge in [-0.25, -0.2) is 13.4 Å². The molecule has 0 aromatic carbocycles. The van der Waals surface area contributed by atoms with E-state index in [1.165, 1.54) is 12.8 Å². The summed E-state index contributed by atoms with van der Waals surface area (Å²) in [6, 6.07) is 3.52. The highest BCUT2D eigenvalue weighted by molar-refractivity contribution is 7.89. The first-order valence-electron chi connectivity index (χ1n) is 7.29. The van der Waals surface area contributed by atoms with Crippen molar-refractivity contribution in [2.45, 2.75) is 43.0 Å². The molecule has 1 N–H and O–H groups in total. The Hall–Kier alpha value is -1.14. The number of pyridine rings is 1. The number of nitrogens with zero attached hydrogens (tertiary/aromatic N) is 2. The first-order valence-corrected chi connectivity index (χ1v) is 8.73. The van der Waals surface area contributed by atoms with Crippen LogP contribution in [0.5, 0.6) is 0 Å². The van der Waals surface area contributed by atoms with Gasteiger partial charge in [-0.15, -0.1) is 0 Å². The van der Waals surface area contributed by atoms with E-state index in [0.717, 1.165) is 19.3 Å². The SMILES string of the molecule is CNc1ncccc1S(=O)(=O)N1CCC2CCCCC21. The zero-order chi connectivity index (χ0) is 14.2. The lowest BCUT2D eigenvalue weighted by Crippen LogP contribution is -2.39. The van der Waals surface area contributed by atoms with E-state index in [9.17, 15) is 8.42 Å². The topological polar surface area (TPSA) is 62.3 Å². The van der Waals surface area contributed by atoms with Gasteiger partial charge in [0.1, 0.15) is 10.7 Å². The van der Waals surface area contributed by atoms with Crippen molar-refractivity contribution in [3.63, 3.8) is 0 Å². The maximum atomic E-state index is 12.9. The molecule has 1 saturated carbocycles. The normalized spacial score (nSPS) is 27.2. The van der Waals surface area contributed by atoms with Crippen LogP contribution in [0.25, 0.3) is 0 Å². The number of hydrogen-bond acceptors (Lipinski definition) is 4. The Labute approximate surface area is 120 Å². The van der Waals surface area contributed by atoms with Crippen LogP contribution in [0.3, 0.4) is 0 Å². The molecule has 2 fully saturated rings. The molecule has 3 rings (SSSR count). The van der Waals surface area contributed by atoms with Gasteiger partial charge in [-0.3, -0.25) is 0 Å². The van der Waals surface area contributed by atoms with E-state index in [4.69, 9.17) is 0 Å². The minimum Gasteiger partial charge on any atom is -0.372 e. The smallest absolute Gasteiger partial charge is 0.247 e. The summed E-state index contributed by atoms with van der Waals surface area (Å²) in [5.74, 6) is 0.986. The molecule has 0 spiro atoms. The first-order chi connectivity index (χ1) is 9.64. The van der Waals surface area contributed by atoms with Crippen LogP contribution >= 0.6 is 0 Å². The molecular weight excluding hydrogens is 274 g/mol. The fourth-order valence-corrected chi connectivity index (χ4v) is 5.46. The second-order valence-corrected chi connectivity index (χ2v) is 7.48. The van der Waals surface area contributed by atoms with Gasteiger partial charge in [0, 0.05) is 25.8 Å². The van der Waals surface area contributed by atoms with Crippen LogP contribution in [0.4, 0.5) is 5.82 Å². The Kier molecular flexibility index (Phi) is 3.69. The van der Waals surface area contributed by atoms with E-state index in [2.05, 4.69) is 10.3 Å². The zero-order valence-corrected chi connectivity index (χ0v) is 12.6. The Morgan fingerprint density at radius 1 is 1.30 bits per heavy atom. The predicted octanol–water partition coefficient (Wildman–Crippen LogP) is 2.08. The van der Waals surface area contributed by atoms with Crippen LogP contribution in [-0.4, -0.2) is 37.3 Å². The molecule has 5 nitrogen and oxygen atoms in total. The third-order valence-corrected chi connectivity index (χ3v) is 6.51. The molecule has 2 unspecified atom stereocenters. The summed E-state index contributed by atoms with van der Waals surface area (Å²) >= 11 is 0. The van der Waals surface area contributed by atoms with Gasteiger partial charge in [-0.05, 0) is 37.3 Å². The maximum Gasteiger partial charge on any atom is 0.247 e. The van der Waals surface area contributed by atoms with Crippen molar-refractivity contribution in [1.82, 2.24) is 9.29 Å². The average Bonchev–Trinajstić information content (AvgIpc) is 2.92. The number of sulfonamides is 1. The molecule has 1 aromatic heterocycles. The molecule has 2 heterocycles. The molecule has 1 aliphatic heterocycles. The lowest BCUT2D eigenvalue weighted by Gasteiger charge is -2.31. The molecule has 6 heteroatoms. The minimum atomic E-state index is -3.44. The van der Waals surface area contributed by atoms with Gasteiger partial charge in [0.15, 0.2) is 0 Å². The monoisotopic (exact) mass is 295 g/mol. The van der Waals surface area contributed by atoms with E-state index < -0.39 is 10.0 Å². The predicted molar refractivity (Wildman–Crippen MR) is 78.0 cm³/mol.